The molecule has 0 saturated heterocycles. The van der Waals surface area contributed by atoms with Crippen molar-refractivity contribution in [1.29, 1.82) is 0 Å². The lowest BCUT2D eigenvalue weighted by atomic mass is 10.1. The monoisotopic (exact) mass is 308 g/mol. The smallest absolute Gasteiger partial charge is 0.249 e. The molecular formula is C18H13FN2O2. The highest BCUT2D eigenvalue weighted by Gasteiger charge is 2.17. The summed E-state index contributed by atoms with van der Waals surface area (Å²) in [5, 5.41) is 1.53. The number of hydrogen-bond donors (Lipinski definition) is 1. The van der Waals surface area contributed by atoms with Crippen molar-refractivity contribution in [3.63, 3.8) is 0 Å². The van der Waals surface area contributed by atoms with E-state index < -0.39 is 5.91 Å². The Morgan fingerprint density at radius 1 is 1.13 bits per heavy atom. The van der Waals surface area contributed by atoms with E-state index in [1.165, 1.54) is 12.1 Å². The number of halogens is 1. The van der Waals surface area contributed by atoms with Gasteiger partial charge < -0.3 is 14.7 Å². The predicted molar refractivity (Wildman–Crippen MR) is 85.7 cm³/mol. The number of rotatable bonds is 3. The van der Waals surface area contributed by atoms with Gasteiger partial charge in [0, 0.05) is 16.3 Å². The molecule has 2 aromatic heterocycles. The number of carbonyl (C=O) groups excluding carboxylic acids is 1. The average Bonchev–Trinajstić information content (AvgIpc) is 3.14. The van der Waals surface area contributed by atoms with Crippen molar-refractivity contribution >= 4 is 27.7 Å². The highest BCUT2D eigenvalue weighted by atomic mass is 19.1. The molecule has 114 valence electrons. The zero-order valence-corrected chi connectivity index (χ0v) is 12.1. The Morgan fingerprint density at radius 3 is 2.74 bits per heavy atom. The standard InChI is InChI=1S/C18H13FN2O2/c19-11-6-7-13-16(9-11)21(10-12-3-2-8-23-12)15-5-1-4-14(17(13)15)18(20)22/h1-9H,10H2,(H2,20,22). The van der Waals surface area contributed by atoms with Crippen molar-refractivity contribution in [3.05, 3.63) is 71.9 Å². The maximum atomic E-state index is 13.8. The first-order valence-electron chi connectivity index (χ1n) is 7.18. The van der Waals surface area contributed by atoms with E-state index in [9.17, 15) is 9.18 Å². The summed E-state index contributed by atoms with van der Waals surface area (Å²) < 4.78 is 21.1. The Hall–Kier alpha value is -3.08. The van der Waals surface area contributed by atoms with Crippen molar-refractivity contribution in [3.8, 4) is 0 Å². The van der Waals surface area contributed by atoms with Crippen LogP contribution in [0.3, 0.4) is 0 Å². The number of primary amides is 1. The second-order valence-corrected chi connectivity index (χ2v) is 5.39. The van der Waals surface area contributed by atoms with Gasteiger partial charge in [0.1, 0.15) is 11.6 Å². The van der Waals surface area contributed by atoms with E-state index in [0.29, 0.717) is 17.6 Å². The molecule has 4 aromatic rings. The van der Waals surface area contributed by atoms with Gasteiger partial charge in [-0.1, -0.05) is 6.07 Å². The van der Waals surface area contributed by atoms with E-state index in [0.717, 1.165) is 22.0 Å². The van der Waals surface area contributed by atoms with Crippen molar-refractivity contribution in [2.24, 2.45) is 5.73 Å². The summed E-state index contributed by atoms with van der Waals surface area (Å²) in [5.41, 5.74) is 7.45. The molecule has 4 rings (SSSR count). The van der Waals surface area contributed by atoms with Gasteiger partial charge in [-0.25, -0.2) is 4.39 Å². The number of carbonyl (C=O) groups is 1. The third kappa shape index (κ3) is 2.09. The predicted octanol–water partition coefficient (Wildman–Crippen LogP) is 3.67. The first-order valence-corrected chi connectivity index (χ1v) is 7.18. The Morgan fingerprint density at radius 2 is 2.00 bits per heavy atom. The number of aromatic nitrogens is 1. The van der Waals surface area contributed by atoms with Crippen LogP contribution in [0.4, 0.5) is 4.39 Å². The Kier molecular flexibility index (Phi) is 2.94. The lowest BCUT2D eigenvalue weighted by molar-refractivity contribution is 0.100. The molecule has 0 bridgehead atoms. The largest absolute Gasteiger partial charge is 0.467 e. The van der Waals surface area contributed by atoms with Crippen LogP contribution in [0.15, 0.2) is 59.2 Å². The molecule has 2 heterocycles. The fourth-order valence-corrected chi connectivity index (χ4v) is 3.05. The molecule has 0 saturated carbocycles. The van der Waals surface area contributed by atoms with E-state index in [-0.39, 0.29) is 5.82 Å². The third-order valence-corrected chi connectivity index (χ3v) is 4.01. The van der Waals surface area contributed by atoms with E-state index in [4.69, 9.17) is 10.2 Å². The average molecular weight is 308 g/mol. The number of amides is 1. The third-order valence-electron chi connectivity index (χ3n) is 4.01. The first-order chi connectivity index (χ1) is 11.1. The maximum Gasteiger partial charge on any atom is 0.249 e. The molecular weight excluding hydrogens is 295 g/mol. The molecule has 23 heavy (non-hydrogen) atoms. The van der Waals surface area contributed by atoms with Crippen LogP contribution in [0.25, 0.3) is 21.8 Å². The number of furan rings is 1. The van der Waals surface area contributed by atoms with Crippen LogP contribution < -0.4 is 5.73 Å². The summed E-state index contributed by atoms with van der Waals surface area (Å²) in [4.78, 5) is 11.8. The molecule has 0 radical (unpaired) electrons. The molecule has 5 heteroatoms. The highest BCUT2D eigenvalue weighted by molar-refractivity contribution is 6.17. The summed E-state index contributed by atoms with van der Waals surface area (Å²) in [6.07, 6.45) is 1.60. The lowest BCUT2D eigenvalue weighted by Gasteiger charge is -2.05. The molecule has 0 fully saturated rings. The molecule has 0 aliphatic carbocycles. The summed E-state index contributed by atoms with van der Waals surface area (Å²) >= 11 is 0. The van der Waals surface area contributed by atoms with Crippen molar-refractivity contribution in [2.45, 2.75) is 6.54 Å². The summed E-state index contributed by atoms with van der Waals surface area (Å²) in [6, 6.07) is 13.5. The molecule has 2 N–H and O–H groups in total. The van der Waals surface area contributed by atoms with Crippen LogP contribution in [-0.2, 0) is 6.54 Å². The van der Waals surface area contributed by atoms with Crippen molar-refractivity contribution in [1.82, 2.24) is 4.57 Å². The number of benzene rings is 2. The molecule has 0 aliphatic heterocycles. The minimum absolute atomic E-state index is 0.332. The zero-order chi connectivity index (χ0) is 16.0. The molecule has 0 unspecified atom stereocenters. The maximum absolute atomic E-state index is 13.8. The Labute approximate surface area is 130 Å². The minimum atomic E-state index is -0.503. The van der Waals surface area contributed by atoms with Crippen LogP contribution in [0.1, 0.15) is 16.1 Å². The van der Waals surface area contributed by atoms with Gasteiger partial charge >= 0.3 is 0 Å². The van der Waals surface area contributed by atoms with Crippen LogP contribution in [0.5, 0.6) is 0 Å². The van der Waals surface area contributed by atoms with Crippen molar-refractivity contribution in [2.75, 3.05) is 0 Å². The van der Waals surface area contributed by atoms with Gasteiger partial charge in [-0.2, -0.15) is 0 Å². The SMILES string of the molecule is NC(=O)c1cccc2c1c1ccc(F)cc1n2Cc1ccco1. The van der Waals surface area contributed by atoms with Gasteiger partial charge in [0.05, 0.1) is 23.8 Å². The fourth-order valence-electron chi connectivity index (χ4n) is 3.05. The van der Waals surface area contributed by atoms with Crippen LogP contribution in [0, 0.1) is 5.82 Å². The minimum Gasteiger partial charge on any atom is -0.467 e. The normalized spacial score (nSPS) is 11.3. The molecule has 0 spiro atoms. The van der Waals surface area contributed by atoms with Gasteiger partial charge in [-0.15, -0.1) is 0 Å². The van der Waals surface area contributed by atoms with E-state index in [1.54, 1.807) is 30.5 Å². The quantitative estimate of drug-likeness (QED) is 0.627. The number of nitrogens with zero attached hydrogens (tertiary/aromatic N) is 1. The van der Waals surface area contributed by atoms with Gasteiger partial charge in [0.25, 0.3) is 0 Å². The Balaban J connectivity index is 2.11. The molecule has 2 aromatic carbocycles. The van der Waals surface area contributed by atoms with Gasteiger partial charge in [0.15, 0.2) is 0 Å². The zero-order valence-electron chi connectivity index (χ0n) is 12.1. The summed E-state index contributed by atoms with van der Waals surface area (Å²) in [7, 11) is 0. The number of hydrogen-bond acceptors (Lipinski definition) is 2. The Bertz CT molecular complexity index is 1030. The van der Waals surface area contributed by atoms with Crippen LogP contribution in [0.2, 0.25) is 0 Å². The van der Waals surface area contributed by atoms with Gasteiger partial charge in [-0.05, 0) is 42.5 Å². The van der Waals surface area contributed by atoms with Crippen LogP contribution >= 0.6 is 0 Å². The summed E-state index contributed by atoms with van der Waals surface area (Å²) in [6.45, 7) is 0.443. The van der Waals surface area contributed by atoms with Gasteiger partial charge in [-0.3, -0.25) is 4.79 Å². The first kappa shape index (κ1) is 13.6. The second kappa shape index (κ2) is 4.98. The van der Waals surface area contributed by atoms with Gasteiger partial charge in [0.2, 0.25) is 5.91 Å². The molecule has 4 nitrogen and oxygen atoms in total. The molecule has 0 aliphatic rings. The van der Waals surface area contributed by atoms with E-state index >= 15 is 0 Å². The van der Waals surface area contributed by atoms with Crippen molar-refractivity contribution < 1.29 is 13.6 Å². The highest BCUT2D eigenvalue weighted by Crippen LogP contribution is 2.32. The molecule has 1 amide bonds. The second-order valence-electron chi connectivity index (χ2n) is 5.39. The number of fused-ring (bicyclic) bond motifs is 3. The van der Waals surface area contributed by atoms with E-state index in [2.05, 4.69) is 0 Å². The fraction of sp³-hybridized carbons (Fsp3) is 0.0556. The summed E-state index contributed by atoms with van der Waals surface area (Å²) in [5.74, 6) is -0.0869. The van der Waals surface area contributed by atoms with Crippen LogP contribution in [-0.4, -0.2) is 10.5 Å². The lowest BCUT2D eigenvalue weighted by Crippen LogP contribution is -2.11. The number of nitrogens with two attached hydrogens (primary N) is 1. The van der Waals surface area contributed by atoms with E-state index in [1.807, 2.05) is 16.7 Å². The molecule has 0 atom stereocenters. The topological polar surface area (TPSA) is 61.2 Å².